The molecule has 4 aromatic rings. The quantitative estimate of drug-likeness (QED) is 0.359. The number of fused-ring (bicyclic) bond motifs is 3. The molecule has 8 heteroatoms. The number of pyridine rings is 1. The number of nitrogens with one attached hydrogen (secondary N) is 1. The van der Waals surface area contributed by atoms with Crippen LogP contribution in [-0.4, -0.2) is 21.1 Å². The van der Waals surface area contributed by atoms with E-state index in [4.69, 9.17) is 4.74 Å². The van der Waals surface area contributed by atoms with Gasteiger partial charge in [0.05, 0.1) is 28.2 Å². The average Bonchev–Trinajstić information content (AvgIpc) is 3.11. The number of alkyl halides is 3. The lowest BCUT2D eigenvalue weighted by Gasteiger charge is -2.19. The molecule has 2 fully saturated rings. The highest BCUT2D eigenvalue weighted by molar-refractivity contribution is 5.84. The fourth-order valence-corrected chi connectivity index (χ4v) is 5.66. The zero-order valence-corrected chi connectivity index (χ0v) is 17.7. The van der Waals surface area contributed by atoms with Gasteiger partial charge in [0.15, 0.2) is 0 Å². The first kappa shape index (κ1) is 20.4. The number of aromatic nitrogens is 3. The van der Waals surface area contributed by atoms with Gasteiger partial charge in [-0.15, -0.1) is 0 Å². The summed E-state index contributed by atoms with van der Waals surface area (Å²) in [5, 5.41) is 0.670. The van der Waals surface area contributed by atoms with Crippen LogP contribution >= 0.6 is 0 Å². The summed E-state index contributed by atoms with van der Waals surface area (Å²) < 4.78 is 59.0. The first-order valence-electron chi connectivity index (χ1n) is 11.1. The number of imidazole rings is 1. The van der Waals surface area contributed by atoms with E-state index in [-0.39, 0.29) is 17.8 Å². The third-order valence-corrected chi connectivity index (χ3v) is 7.26. The number of benzene rings is 2. The fraction of sp³-hybridized carbons (Fsp3) is 0.360. The monoisotopic (exact) mass is 455 g/mol. The number of halogens is 4. The van der Waals surface area contributed by atoms with Gasteiger partial charge in [-0.2, -0.15) is 13.2 Å². The van der Waals surface area contributed by atoms with Crippen LogP contribution in [0.25, 0.3) is 21.9 Å². The van der Waals surface area contributed by atoms with Gasteiger partial charge in [-0.25, -0.2) is 9.37 Å². The Bertz CT molecular complexity index is 1350. The molecule has 170 valence electrons. The number of aromatic amines is 1. The smallest absolute Gasteiger partial charge is 0.416 e. The van der Waals surface area contributed by atoms with E-state index < -0.39 is 11.7 Å². The van der Waals surface area contributed by atoms with Gasteiger partial charge in [0.2, 0.25) is 0 Å². The third-order valence-electron chi connectivity index (χ3n) is 7.26. The van der Waals surface area contributed by atoms with E-state index in [2.05, 4.69) is 21.9 Å². The van der Waals surface area contributed by atoms with E-state index in [9.17, 15) is 17.6 Å². The van der Waals surface area contributed by atoms with Crippen molar-refractivity contribution < 1.29 is 22.3 Å². The summed E-state index contributed by atoms with van der Waals surface area (Å²) in [7, 11) is 0. The Morgan fingerprint density at radius 1 is 1.03 bits per heavy atom. The van der Waals surface area contributed by atoms with Crippen molar-refractivity contribution >= 4 is 21.9 Å². The van der Waals surface area contributed by atoms with Crippen LogP contribution in [0.5, 0.6) is 5.75 Å². The maximum Gasteiger partial charge on any atom is 0.416 e. The second kappa shape index (κ2) is 7.17. The van der Waals surface area contributed by atoms with Gasteiger partial charge in [0.25, 0.3) is 0 Å². The summed E-state index contributed by atoms with van der Waals surface area (Å²) in [6.07, 6.45) is -0.855. The lowest BCUT2D eigenvalue weighted by atomic mass is 9.97. The van der Waals surface area contributed by atoms with Crippen LogP contribution in [0, 0.1) is 23.6 Å². The fourth-order valence-electron chi connectivity index (χ4n) is 5.66. The summed E-state index contributed by atoms with van der Waals surface area (Å²) >= 11 is 0. The van der Waals surface area contributed by atoms with Gasteiger partial charge in [-0.3, -0.25) is 4.98 Å². The zero-order chi connectivity index (χ0) is 22.9. The van der Waals surface area contributed by atoms with Crippen LogP contribution < -0.4 is 4.74 Å². The van der Waals surface area contributed by atoms with E-state index in [0.29, 0.717) is 45.4 Å². The summed E-state index contributed by atoms with van der Waals surface area (Å²) in [6.45, 7) is 2.08. The predicted octanol–water partition coefficient (Wildman–Crippen LogP) is 6.48. The van der Waals surface area contributed by atoms with E-state index in [1.165, 1.54) is 18.2 Å². The molecule has 2 aromatic heterocycles. The predicted molar refractivity (Wildman–Crippen MR) is 115 cm³/mol. The van der Waals surface area contributed by atoms with Crippen LogP contribution in [0.1, 0.15) is 37.1 Å². The molecule has 0 radical (unpaired) electrons. The van der Waals surface area contributed by atoms with E-state index >= 15 is 0 Å². The lowest BCUT2D eigenvalue weighted by Crippen LogP contribution is -2.17. The molecule has 0 aliphatic heterocycles. The van der Waals surface area contributed by atoms with Crippen molar-refractivity contribution in [3.63, 3.8) is 0 Å². The van der Waals surface area contributed by atoms with Crippen molar-refractivity contribution in [2.45, 2.75) is 38.0 Å². The van der Waals surface area contributed by atoms with Gasteiger partial charge < -0.3 is 9.72 Å². The Labute approximate surface area is 187 Å². The minimum atomic E-state index is -4.38. The van der Waals surface area contributed by atoms with Crippen molar-refractivity contribution in [2.24, 2.45) is 17.8 Å². The van der Waals surface area contributed by atoms with Crippen LogP contribution in [0.15, 0.2) is 48.7 Å². The van der Waals surface area contributed by atoms with Crippen LogP contribution in [-0.2, 0) is 6.18 Å². The number of hydrogen-bond acceptors (Lipinski definition) is 3. The van der Waals surface area contributed by atoms with Crippen LogP contribution in [0.3, 0.4) is 0 Å². The minimum absolute atomic E-state index is 0.0577. The Morgan fingerprint density at radius 3 is 2.58 bits per heavy atom. The van der Waals surface area contributed by atoms with Crippen LogP contribution in [0.4, 0.5) is 17.6 Å². The Balaban J connectivity index is 1.15. The third kappa shape index (κ3) is 3.52. The number of H-pyrrole nitrogens is 1. The molecule has 0 saturated heterocycles. The van der Waals surface area contributed by atoms with Crippen LogP contribution in [0.2, 0.25) is 0 Å². The molecule has 1 unspecified atom stereocenters. The highest BCUT2D eigenvalue weighted by Gasteiger charge is 2.59. The highest BCUT2D eigenvalue weighted by Crippen LogP contribution is 2.63. The largest absolute Gasteiger partial charge is 0.490 e. The van der Waals surface area contributed by atoms with Gasteiger partial charge >= 0.3 is 6.18 Å². The number of nitrogens with zero attached hydrogens (tertiary/aromatic N) is 2. The second-order valence-corrected chi connectivity index (χ2v) is 9.23. The van der Waals surface area contributed by atoms with Crippen molar-refractivity contribution in [1.29, 1.82) is 0 Å². The maximum absolute atomic E-state index is 13.7. The van der Waals surface area contributed by atoms with Crippen molar-refractivity contribution in [1.82, 2.24) is 15.0 Å². The van der Waals surface area contributed by atoms with Gasteiger partial charge in [-0.1, -0.05) is 6.92 Å². The van der Waals surface area contributed by atoms with Gasteiger partial charge in [0.1, 0.15) is 17.4 Å². The highest BCUT2D eigenvalue weighted by atomic mass is 19.4. The Kier molecular flexibility index (Phi) is 4.44. The normalized spacial score (nSPS) is 25.4. The summed E-state index contributed by atoms with van der Waals surface area (Å²) in [5.74, 6) is 2.60. The molecule has 0 amide bonds. The lowest BCUT2D eigenvalue weighted by molar-refractivity contribution is -0.137. The van der Waals surface area contributed by atoms with Crippen molar-refractivity contribution in [3.05, 3.63) is 65.9 Å². The molecule has 0 spiro atoms. The molecule has 2 heterocycles. The molecule has 2 aromatic carbocycles. The standard InChI is InChI=1S/C25H21F4N3O/c1-12(24-31-20-4-2-13(25(27,28)29)8-21(20)32-24)23-16-10-15(11-17(16)23)33-22-6-7-30-19-5-3-14(26)9-18(19)22/h2-9,12,15-17,23H,10-11H2,1H3,(H,31,32)/t12?,15-,16-,17+,23-. The topological polar surface area (TPSA) is 50.8 Å². The molecule has 5 atom stereocenters. The molecule has 2 saturated carbocycles. The average molecular weight is 455 g/mol. The Morgan fingerprint density at radius 2 is 1.82 bits per heavy atom. The summed E-state index contributed by atoms with van der Waals surface area (Å²) in [4.78, 5) is 12.0. The first-order chi connectivity index (χ1) is 15.8. The van der Waals surface area contributed by atoms with Gasteiger partial charge in [-0.05, 0) is 73.1 Å². The number of ether oxygens (including phenoxy) is 1. The molecular formula is C25H21F4N3O. The number of hydrogen-bond donors (Lipinski definition) is 1. The second-order valence-electron chi connectivity index (χ2n) is 9.23. The van der Waals surface area contributed by atoms with Crippen molar-refractivity contribution in [3.8, 4) is 5.75 Å². The van der Waals surface area contributed by atoms with E-state index in [1.54, 1.807) is 18.3 Å². The summed E-state index contributed by atoms with van der Waals surface area (Å²) in [5.41, 5.74) is 0.971. The minimum Gasteiger partial charge on any atom is -0.490 e. The Hall–Kier alpha value is -3.16. The molecule has 1 N–H and O–H groups in total. The molecule has 33 heavy (non-hydrogen) atoms. The summed E-state index contributed by atoms with van der Waals surface area (Å²) in [6, 6.07) is 9.88. The first-order valence-corrected chi connectivity index (χ1v) is 11.1. The molecule has 6 rings (SSSR count). The molecular weight excluding hydrogens is 434 g/mol. The van der Waals surface area contributed by atoms with Gasteiger partial charge in [0, 0.05) is 17.5 Å². The number of rotatable bonds is 4. The molecule has 2 aliphatic carbocycles. The van der Waals surface area contributed by atoms with Crippen molar-refractivity contribution in [2.75, 3.05) is 0 Å². The maximum atomic E-state index is 13.7. The molecule has 4 nitrogen and oxygen atoms in total. The molecule has 0 bridgehead atoms. The van der Waals surface area contributed by atoms with E-state index in [1.807, 2.05) is 0 Å². The zero-order valence-electron chi connectivity index (χ0n) is 17.7. The SMILES string of the molecule is CC(c1nc2cc(C(F)(F)F)ccc2[nH]1)[C@@H]1[C@@H]2C[C@@H](Oc3ccnc4ccc(F)cc34)C[C@@H]21. The molecule has 2 aliphatic rings. The van der Waals surface area contributed by atoms with E-state index in [0.717, 1.165) is 30.8 Å².